The summed E-state index contributed by atoms with van der Waals surface area (Å²) in [5, 5.41) is 6.81. The molecule has 0 aliphatic rings. The SMILES string of the molecule is CCN=C(NCC)SCC(=O)Nc1ccc(Br)cc1Br. The van der Waals surface area contributed by atoms with E-state index in [9.17, 15) is 4.79 Å². The third-order valence-electron chi connectivity index (χ3n) is 2.17. The summed E-state index contributed by atoms with van der Waals surface area (Å²) in [5.74, 6) is 0.272. The highest BCUT2D eigenvalue weighted by molar-refractivity contribution is 9.11. The summed E-state index contributed by atoms with van der Waals surface area (Å²) < 4.78 is 1.81. The van der Waals surface area contributed by atoms with Crippen LogP contribution in [0.5, 0.6) is 0 Å². The van der Waals surface area contributed by atoms with Crippen LogP contribution in [-0.4, -0.2) is 29.9 Å². The fourth-order valence-electron chi connectivity index (χ4n) is 1.36. The van der Waals surface area contributed by atoms with E-state index in [4.69, 9.17) is 0 Å². The van der Waals surface area contributed by atoms with Gasteiger partial charge in [0.1, 0.15) is 0 Å². The Balaban J connectivity index is 2.53. The standard InChI is InChI=1S/C13H17Br2N3OS/c1-3-16-13(17-4-2)20-8-12(19)18-11-6-5-9(14)7-10(11)15/h5-7H,3-4,8H2,1-2H3,(H,16,17)(H,18,19). The fourth-order valence-corrected chi connectivity index (χ4v) is 3.31. The Hall–Kier alpha value is -0.530. The van der Waals surface area contributed by atoms with E-state index < -0.39 is 0 Å². The van der Waals surface area contributed by atoms with E-state index in [1.165, 1.54) is 11.8 Å². The van der Waals surface area contributed by atoms with Gasteiger partial charge in [-0.05, 0) is 48.0 Å². The van der Waals surface area contributed by atoms with E-state index >= 15 is 0 Å². The molecule has 4 nitrogen and oxygen atoms in total. The van der Waals surface area contributed by atoms with E-state index in [2.05, 4.69) is 47.5 Å². The van der Waals surface area contributed by atoms with Crippen molar-refractivity contribution >= 4 is 60.4 Å². The molecule has 0 aromatic heterocycles. The van der Waals surface area contributed by atoms with Gasteiger partial charge in [0.05, 0.1) is 11.4 Å². The number of carbonyl (C=O) groups excluding carboxylic acids is 1. The average Bonchev–Trinajstić information content (AvgIpc) is 2.40. The van der Waals surface area contributed by atoms with Gasteiger partial charge in [-0.2, -0.15) is 0 Å². The van der Waals surface area contributed by atoms with Gasteiger partial charge in [-0.25, -0.2) is 0 Å². The number of hydrogen-bond acceptors (Lipinski definition) is 3. The van der Waals surface area contributed by atoms with Crippen LogP contribution >= 0.6 is 43.6 Å². The summed E-state index contributed by atoms with van der Waals surface area (Å²) in [6.07, 6.45) is 0. The van der Waals surface area contributed by atoms with Crippen molar-refractivity contribution in [3.05, 3.63) is 27.1 Å². The minimum atomic E-state index is -0.0558. The second-order valence-electron chi connectivity index (χ2n) is 3.77. The molecule has 1 aromatic rings. The van der Waals surface area contributed by atoms with E-state index in [-0.39, 0.29) is 5.91 Å². The lowest BCUT2D eigenvalue weighted by atomic mass is 10.3. The molecular weight excluding hydrogens is 406 g/mol. The van der Waals surface area contributed by atoms with Crippen LogP contribution in [0, 0.1) is 0 Å². The van der Waals surface area contributed by atoms with Gasteiger partial charge in [-0.1, -0.05) is 27.7 Å². The number of nitrogens with zero attached hydrogens (tertiary/aromatic N) is 1. The number of amidine groups is 1. The maximum absolute atomic E-state index is 11.9. The number of hydrogen-bond donors (Lipinski definition) is 2. The second-order valence-corrected chi connectivity index (χ2v) is 6.50. The predicted molar refractivity (Wildman–Crippen MR) is 94.6 cm³/mol. The van der Waals surface area contributed by atoms with Crippen molar-refractivity contribution in [2.24, 2.45) is 4.99 Å². The van der Waals surface area contributed by atoms with Crippen molar-refractivity contribution in [1.29, 1.82) is 0 Å². The molecule has 0 saturated carbocycles. The van der Waals surface area contributed by atoms with Crippen LogP contribution in [0.2, 0.25) is 0 Å². The highest BCUT2D eigenvalue weighted by Gasteiger charge is 2.08. The van der Waals surface area contributed by atoms with Crippen LogP contribution in [-0.2, 0) is 4.79 Å². The number of anilines is 1. The largest absolute Gasteiger partial charge is 0.365 e. The molecule has 0 fully saturated rings. The summed E-state index contributed by atoms with van der Waals surface area (Å²) in [6, 6.07) is 5.63. The first-order valence-electron chi connectivity index (χ1n) is 6.22. The maximum Gasteiger partial charge on any atom is 0.234 e. The molecule has 0 bridgehead atoms. The average molecular weight is 423 g/mol. The van der Waals surface area contributed by atoms with Crippen LogP contribution in [0.1, 0.15) is 13.8 Å². The van der Waals surface area contributed by atoms with Crippen molar-refractivity contribution < 1.29 is 4.79 Å². The Morgan fingerprint density at radius 2 is 2.10 bits per heavy atom. The molecule has 0 spiro atoms. The zero-order chi connectivity index (χ0) is 15.0. The van der Waals surface area contributed by atoms with Crippen LogP contribution in [0.25, 0.3) is 0 Å². The first kappa shape index (κ1) is 17.5. The summed E-state index contributed by atoms with van der Waals surface area (Å²) in [4.78, 5) is 16.2. The Kier molecular flexibility index (Phi) is 8.25. The first-order chi connectivity index (χ1) is 9.56. The van der Waals surface area contributed by atoms with Gasteiger partial charge in [0.15, 0.2) is 5.17 Å². The zero-order valence-electron chi connectivity index (χ0n) is 11.4. The highest BCUT2D eigenvalue weighted by Crippen LogP contribution is 2.26. The molecular formula is C13H17Br2N3OS. The molecule has 7 heteroatoms. The molecule has 0 radical (unpaired) electrons. The third kappa shape index (κ3) is 6.28. The zero-order valence-corrected chi connectivity index (χ0v) is 15.4. The van der Waals surface area contributed by atoms with Crippen molar-refractivity contribution in [3.63, 3.8) is 0 Å². The number of amides is 1. The minimum absolute atomic E-state index is 0.0558. The highest BCUT2D eigenvalue weighted by atomic mass is 79.9. The molecule has 2 N–H and O–H groups in total. The second kappa shape index (κ2) is 9.41. The number of benzene rings is 1. The van der Waals surface area contributed by atoms with Gasteiger partial charge in [0, 0.05) is 22.0 Å². The molecule has 1 aromatic carbocycles. The smallest absolute Gasteiger partial charge is 0.234 e. The minimum Gasteiger partial charge on any atom is -0.365 e. The lowest BCUT2D eigenvalue weighted by Gasteiger charge is -2.09. The lowest BCUT2D eigenvalue weighted by molar-refractivity contribution is -0.113. The number of carbonyl (C=O) groups is 1. The van der Waals surface area contributed by atoms with Crippen molar-refractivity contribution in [2.45, 2.75) is 13.8 Å². The predicted octanol–water partition coefficient (Wildman–Crippen LogP) is 3.87. The Morgan fingerprint density at radius 3 is 2.70 bits per heavy atom. The summed E-state index contributed by atoms with van der Waals surface area (Å²) in [5.41, 5.74) is 0.760. The molecule has 0 saturated heterocycles. The molecule has 20 heavy (non-hydrogen) atoms. The van der Waals surface area contributed by atoms with Crippen molar-refractivity contribution in [1.82, 2.24) is 5.32 Å². The number of nitrogens with one attached hydrogen (secondary N) is 2. The lowest BCUT2D eigenvalue weighted by Crippen LogP contribution is -2.23. The molecule has 110 valence electrons. The van der Waals surface area contributed by atoms with Crippen LogP contribution in [0.4, 0.5) is 5.69 Å². The van der Waals surface area contributed by atoms with Crippen LogP contribution < -0.4 is 10.6 Å². The Labute approximate surface area is 140 Å². The number of thioether (sulfide) groups is 1. The molecule has 0 heterocycles. The van der Waals surface area contributed by atoms with Gasteiger partial charge in [0.2, 0.25) is 5.91 Å². The first-order valence-corrected chi connectivity index (χ1v) is 8.80. The summed E-state index contributed by atoms with van der Waals surface area (Å²) in [6.45, 7) is 5.47. The van der Waals surface area contributed by atoms with E-state index in [0.717, 1.165) is 26.3 Å². The monoisotopic (exact) mass is 421 g/mol. The Bertz CT molecular complexity index is 495. The third-order valence-corrected chi connectivity index (χ3v) is 4.28. The quantitative estimate of drug-likeness (QED) is 0.559. The Morgan fingerprint density at radius 1 is 1.35 bits per heavy atom. The molecule has 1 rings (SSSR count). The van der Waals surface area contributed by atoms with Gasteiger partial charge in [-0.3, -0.25) is 9.79 Å². The number of halogens is 2. The fraction of sp³-hybridized carbons (Fsp3) is 0.385. The van der Waals surface area contributed by atoms with E-state index in [1.54, 1.807) is 0 Å². The molecule has 0 aliphatic heterocycles. The molecule has 0 aliphatic carbocycles. The van der Waals surface area contributed by atoms with Crippen molar-refractivity contribution in [2.75, 3.05) is 24.2 Å². The topological polar surface area (TPSA) is 53.5 Å². The van der Waals surface area contributed by atoms with Gasteiger partial charge in [-0.15, -0.1) is 0 Å². The molecule has 0 unspecified atom stereocenters. The molecule has 1 amide bonds. The van der Waals surface area contributed by atoms with Gasteiger partial charge in [0.25, 0.3) is 0 Å². The summed E-state index contributed by atoms with van der Waals surface area (Å²) in [7, 11) is 0. The molecule has 0 atom stereocenters. The van der Waals surface area contributed by atoms with Gasteiger partial charge < -0.3 is 10.6 Å². The normalized spacial score (nSPS) is 11.3. The summed E-state index contributed by atoms with van der Waals surface area (Å²) >= 11 is 8.20. The van der Waals surface area contributed by atoms with E-state index in [1.807, 2.05) is 32.0 Å². The number of aliphatic imine (C=N–C) groups is 1. The van der Waals surface area contributed by atoms with Crippen LogP contribution in [0.15, 0.2) is 32.1 Å². The van der Waals surface area contributed by atoms with E-state index in [0.29, 0.717) is 12.3 Å². The maximum atomic E-state index is 11.9. The van der Waals surface area contributed by atoms with Gasteiger partial charge >= 0.3 is 0 Å². The van der Waals surface area contributed by atoms with Crippen LogP contribution in [0.3, 0.4) is 0 Å². The van der Waals surface area contributed by atoms with Crippen molar-refractivity contribution in [3.8, 4) is 0 Å². The number of rotatable bonds is 5.